The van der Waals surface area contributed by atoms with Gasteiger partial charge in [0.15, 0.2) is 23.0 Å². The van der Waals surface area contributed by atoms with Gasteiger partial charge < -0.3 is 44.3 Å². The van der Waals surface area contributed by atoms with Crippen molar-refractivity contribution in [2.24, 2.45) is 5.73 Å². The van der Waals surface area contributed by atoms with E-state index < -0.39 is 29.8 Å². The van der Waals surface area contributed by atoms with Gasteiger partial charge in [-0.15, -0.1) is 0 Å². The Morgan fingerprint density at radius 1 is 0.565 bits per heavy atom. The number of rotatable bonds is 22. The van der Waals surface area contributed by atoms with Crippen LogP contribution in [0.1, 0.15) is 80.8 Å². The van der Waals surface area contributed by atoms with E-state index in [2.05, 4.69) is 0 Å². The summed E-state index contributed by atoms with van der Waals surface area (Å²) < 4.78 is 22.1. The number of hydrogen-bond acceptors (Lipinski definition) is 10. The summed E-state index contributed by atoms with van der Waals surface area (Å²) in [5.41, 5.74) is 9.25. The van der Waals surface area contributed by atoms with Crippen LogP contribution in [0, 0.1) is 0 Å². The lowest BCUT2D eigenvalue weighted by molar-refractivity contribution is -0.148. The number of ether oxygens (including phenoxy) is 4. The molecular formula is C48H57N5O9. The molecule has 0 bridgehead atoms. The lowest BCUT2D eigenvalue weighted by atomic mass is 10.0. The highest BCUT2D eigenvalue weighted by Crippen LogP contribution is 2.34. The van der Waals surface area contributed by atoms with Gasteiger partial charge in [-0.3, -0.25) is 24.0 Å². The maximum absolute atomic E-state index is 14.6. The topological polar surface area (TPSA) is 161 Å². The number of carbonyl (C=O) groups is 5. The third kappa shape index (κ3) is 12.1. The zero-order valence-electron chi connectivity index (χ0n) is 35.8. The van der Waals surface area contributed by atoms with Crippen molar-refractivity contribution < 1.29 is 42.9 Å². The molecule has 4 aromatic rings. The number of amides is 4. The van der Waals surface area contributed by atoms with Gasteiger partial charge in [0, 0.05) is 19.5 Å². The number of carbonyl (C=O) groups excluding carboxylic acids is 5. The molecule has 2 atom stereocenters. The molecule has 4 amide bonds. The van der Waals surface area contributed by atoms with E-state index in [9.17, 15) is 24.0 Å². The lowest BCUT2D eigenvalue weighted by Crippen LogP contribution is -2.50. The van der Waals surface area contributed by atoms with Crippen LogP contribution in [0.3, 0.4) is 0 Å². The van der Waals surface area contributed by atoms with Crippen molar-refractivity contribution in [1.29, 1.82) is 0 Å². The molecule has 2 unspecified atom stereocenters. The number of nitrogens with zero attached hydrogens (tertiary/aromatic N) is 4. The summed E-state index contributed by atoms with van der Waals surface area (Å²) in [7, 11) is 0. The molecular weight excluding hydrogens is 791 g/mol. The lowest BCUT2D eigenvalue weighted by Gasteiger charge is -2.34. The minimum atomic E-state index is -0.482. The number of unbranched alkanes of at least 4 members (excludes halogenated alkanes) is 1. The highest BCUT2D eigenvalue weighted by atomic mass is 16.7. The van der Waals surface area contributed by atoms with Crippen molar-refractivity contribution in [2.75, 3.05) is 52.9 Å². The molecule has 6 rings (SSSR count). The molecule has 2 N–H and O–H groups in total. The van der Waals surface area contributed by atoms with Crippen LogP contribution in [0.25, 0.3) is 0 Å². The second-order valence-corrected chi connectivity index (χ2v) is 15.7. The largest absolute Gasteiger partial charge is 0.454 e. The number of benzene rings is 4. The van der Waals surface area contributed by atoms with Crippen molar-refractivity contribution >= 4 is 29.4 Å². The Kier molecular flexibility index (Phi) is 15.9. The van der Waals surface area contributed by atoms with Crippen LogP contribution < -0.4 is 24.7 Å². The summed E-state index contributed by atoms with van der Waals surface area (Å²) in [6.45, 7) is 4.89. The van der Waals surface area contributed by atoms with Crippen LogP contribution in [-0.4, -0.2) is 102 Å². The summed E-state index contributed by atoms with van der Waals surface area (Å²) in [6.07, 6.45) is 2.48. The highest BCUT2D eigenvalue weighted by Gasteiger charge is 2.31. The van der Waals surface area contributed by atoms with Gasteiger partial charge in [0.2, 0.25) is 37.2 Å². The first-order valence-corrected chi connectivity index (χ1v) is 21.2. The van der Waals surface area contributed by atoms with Crippen LogP contribution in [-0.2, 0) is 36.9 Å². The van der Waals surface area contributed by atoms with Crippen LogP contribution >= 0.6 is 0 Å². The smallest absolute Gasteiger partial charge is 0.243 e. The normalized spacial score (nSPS) is 13.2. The number of Topliss-reactive ketones (excluding diaryl/α,β-unsaturated/α-hetero) is 1. The second-order valence-electron chi connectivity index (χ2n) is 15.7. The van der Waals surface area contributed by atoms with Crippen LogP contribution in [0.4, 0.5) is 0 Å². The molecule has 0 fully saturated rings. The third-order valence-electron chi connectivity index (χ3n) is 11.2. The Morgan fingerprint density at radius 2 is 1.08 bits per heavy atom. The predicted molar refractivity (Wildman–Crippen MR) is 232 cm³/mol. The number of hydrogen-bond donors (Lipinski definition) is 1. The van der Waals surface area contributed by atoms with Crippen molar-refractivity contribution in [3.8, 4) is 23.0 Å². The van der Waals surface area contributed by atoms with E-state index in [-0.39, 0.29) is 71.0 Å². The van der Waals surface area contributed by atoms with E-state index in [1.165, 1.54) is 21.6 Å². The fourth-order valence-corrected chi connectivity index (χ4v) is 7.62. The van der Waals surface area contributed by atoms with Crippen LogP contribution in [0.5, 0.6) is 23.0 Å². The fraction of sp³-hybridized carbons (Fsp3) is 0.396. The van der Waals surface area contributed by atoms with Gasteiger partial charge >= 0.3 is 0 Å². The molecule has 0 radical (unpaired) electrons. The zero-order chi connectivity index (χ0) is 44.0. The van der Waals surface area contributed by atoms with E-state index in [0.29, 0.717) is 60.8 Å². The minimum Gasteiger partial charge on any atom is -0.454 e. The monoisotopic (exact) mass is 847 g/mol. The Bertz CT molecular complexity index is 2170. The summed E-state index contributed by atoms with van der Waals surface area (Å²) in [5.74, 6) is 0.732. The first-order chi connectivity index (χ1) is 30.0. The SMILES string of the molecule is CC(=O)CN(C(=O)CN(Cc1ccc2c(c1)OCO2)C(=O)CN(CCCCN)C(=O)CN(C(=O)CCCc1ccc2c(c1)OCO2)C(C)c1ccccc1)C(C)c1ccccc1. The van der Waals surface area contributed by atoms with E-state index in [1.54, 1.807) is 23.1 Å². The van der Waals surface area contributed by atoms with Gasteiger partial charge in [0.1, 0.15) is 18.9 Å². The average molecular weight is 848 g/mol. The Morgan fingerprint density at radius 3 is 1.66 bits per heavy atom. The van der Waals surface area contributed by atoms with Crippen molar-refractivity contribution in [3.05, 3.63) is 119 Å². The highest BCUT2D eigenvalue weighted by molar-refractivity contribution is 5.91. The minimum absolute atomic E-state index is 0.0126. The maximum atomic E-state index is 14.6. The van der Waals surface area contributed by atoms with E-state index in [1.807, 2.05) is 92.7 Å². The standard InChI is InChI=1S/C48H57N5O9/c1-34(54)27-52(35(2)39-14-6-4-7-15-39)48(58)30-51(28-38-20-22-42-44(26-38)62-33-60-42)46(56)29-50(24-11-10-23-49)47(57)31-53(36(3)40-16-8-5-9-17-40)45(55)18-12-13-37-19-21-41-43(25-37)61-32-59-41/h4-9,14-17,19-22,25-26,35-36H,10-13,18,23-24,27-33,49H2,1-3H3. The van der Waals surface area contributed by atoms with Gasteiger partial charge in [0.05, 0.1) is 25.2 Å². The van der Waals surface area contributed by atoms with Gasteiger partial charge in [-0.1, -0.05) is 72.8 Å². The van der Waals surface area contributed by atoms with Crippen molar-refractivity contribution in [2.45, 2.75) is 71.5 Å². The van der Waals surface area contributed by atoms with Gasteiger partial charge in [-0.25, -0.2) is 0 Å². The molecule has 14 nitrogen and oxygen atoms in total. The van der Waals surface area contributed by atoms with Gasteiger partial charge in [-0.2, -0.15) is 0 Å². The van der Waals surface area contributed by atoms with Crippen LogP contribution in [0.2, 0.25) is 0 Å². The molecule has 0 spiro atoms. The molecule has 0 aliphatic carbocycles. The molecule has 2 aliphatic heterocycles. The quantitative estimate of drug-likeness (QED) is 0.0954. The van der Waals surface area contributed by atoms with E-state index in [4.69, 9.17) is 24.7 Å². The second kappa shape index (κ2) is 21.9. The summed E-state index contributed by atoms with van der Waals surface area (Å²) in [6, 6.07) is 29.0. The molecule has 0 aromatic heterocycles. The molecule has 0 saturated heterocycles. The van der Waals surface area contributed by atoms with Crippen LogP contribution in [0.15, 0.2) is 97.1 Å². The average Bonchev–Trinajstić information content (AvgIpc) is 3.96. The number of aryl methyl sites for hydroxylation is 1. The molecule has 2 aliphatic rings. The number of ketones is 1. The Labute approximate surface area is 363 Å². The van der Waals surface area contributed by atoms with Crippen molar-refractivity contribution in [3.63, 3.8) is 0 Å². The Balaban J connectivity index is 1.22. The molecule has 328 valence electrons. The summed E-state index contributed by atoms with van der Waals surface area (Å²) >= 11 is 0. The molecule has 0 saturated carbocycles. The number of fused-ring (bicyclic) bond motifs is 2. The number of nitrogens with two attached hydrogens (primary N) is 1. The van der Waals surface area contributed by atoms with Crippen molar-refractivity contribution in [1.82, 2.24) is 19.6 Å². The summed E-state index contributed by atoms with van der Waals surface area (Å²) in [5, 5.41) is 0. The fourth-order valence-electron chi connectivity index (χ4n) is 7.62. The van der Waals surface area contributed by atoms with Gasteiger partial charge in [-0.05, 0) is 99.5 Å². The molecule has 4 aromatic carbocycles. The zero-order valence-corrected chi connectivity index (χ0v) is 35.8. The van der Waals surface area contributed by atoms with E-state index >= 15 is 0 Å². The predicted octanol–water partition coefficient (Wildman–Crippen LogP) is 5.83. The third-order valence-corrected chi connectivity index (χ3v) is 11.2. The van der Waals surface area contributed by atoms with E-state index in [0.717, 1.165) is 16.7 Å². The first-order valence-electron chi connectivity index (χ1n) is 21.2. The summed E-state index contributed by atoms with van der Waals surface area (Å²) in [4.78, 5) is 75.9. The van der Waals surface area contributed by atoms with Gasteiger partial charge in [0.25, 0.3) is 0 Å². The maximum Gasteiger partial charge on any atom is 0.243 e. The Hall–Kier alpha value is -6.41. The molecule has 14 heteroatoms. The molecule has 2 heterocycles. The molecule has 62 heavy (non-hydrogen) atoms. The first kappa shape index (κ1) is 45.1.